The van der Waals surface area contributed by atoms with E-state index in [1.165, 1.54) is 19.3 Å². The highest BCUT2D eigenvalue weighted by molar-refractivity contribution is 5.75. The van der Waals surface area contributed by atoms with E-state index < -0.39 is 6.10 Å². The second-order valence-corrected chi connectivity index (χ2v) is 4.93. The van der Waals surface area contributed by atoms with E-state index >= 15 is 0 Å². The van der Waals surface area contributed by atoms with E-state index in [9.17, 15) is 9.90 Å². The first-order chi connectivity index (χ1) is 8.22. The van der Waals surface area contributed by atoms with Crippen LogP contribution in [0.2, 0.25) is 0 Å². The van der Waals surface area contributed by atoms with E-state index in [4.69, 9.17) is 0 Å². The van der Waals surface area contributed by atoms with Gasteiger partial charge in [-0.2, -0.15) is 0 Å². The molecule has 0 aromatic rings. The highest BCUT2D eigenvalue weighted by atomic mass is 16.3. The van der Waals surface area contributed by atoms with Gasteiger partial charge in [0.05, 0.1) is 6.10 Å². The van der Waals surface area contributed by atoms with Crippen LogP contribution in [-0.4, -0.2) is 36.2 Å². The van der Waals surface area contributed by atoms with Gasteiger partial charge in [0.1, 0.15) is 0 Å². The number of nitrogens with one attached hydrogen (secondary N) is 2. The molecule has 0 aromatic carbocycles. The largest absolute Gasteiger partial charge is 0.391 e. The van der Waals surface area contributed by atoms with Gasteiger partial charge in [-0.1, -0.05) is 19.8 Å². The molecule has 1 amide bonds. The van der Waals surface area contributed by atoms with Crippen LogP contribution in [0.25, 0.3) is 0 Å². The van der Waals surface area contributed by atoms with Gasteiger partial charge in [-0.25, -0.2) is 0 Å². The maximum absolute atomic E-state index is 11.5. The van der Waals surface area contributed by atoms with Crippen molar-refractivity contribution >= 4 is 5.91 Å². The van der Waals surface area contributed by atoms with Gasteiger partial charge in [-0.05, 0) is 32.2 Å². The molecular formula is C13H26N2O2. The topological polar surface area (TPSA) is 61.4 Å². The third-order valence-corrected chi connectivity index (χ3v) is 3.29. The van der Waals surface area contributed by atoms with E-state index in [0.717, 1.165) is 25.8 Å². The van der Waals surface area contributed by atoms with Crippen LogP contribution in [0.3, 0.4) is 0 Å². The Bertz CT molecular complexity index is 215. The fourth-order valence-corrected chi connectivity index (χ4v) is 2.23. The van der Waals surface area contributed by atoms with E-state index in [0.29, 0.717) is 19.0 Å². The SMILES string of the molecule is CCCC(O)CNC(=O)CCC1CCCCN1. The van der Waals surface area contributed by atoms with Crippen LogP contribution < -0.4 is 10.6 Å². The molecule has 1 fully saturated rings. The number of amides is 1. The molecule has 100 valence electrons. The predicted molar refractivity (Wildman–Crippen MR) is 68.8 cm³/mol. The van der Waals surface area contributed by atoms with Gasteiger partial charge in [0.25, 0.3) is 0 Å². The van der Waals surface area contributed by atoms with Crippen LogP contribution in [0.1, 0.15) is 51.9 Å². The number of aliphatic hydroxyl groups is 1. The first kappa shape index (κ1) is 14.5. The smallest absolute Gasteiger partial charge is 0.220 e. The average molecular weight is 242 g/mol. The number of carbonyl (C=O) groups excluding carboxylic acids is 1. The molecule has 0 spiro atoms. The van der Waals surface area contributed by atoms with Gasteiger partial charge in [-0.3, -0.25) is 4.79 Å². The molecule has 0 bridgehead atoms. The molecule has 1 rings (SSSR count). The number of hydrogen-bond donors (Lipinski definition) is 3. The normalized spacial score (nSPS) is 22.1. The zero-order valence-electron chi connectivity index (χ0n) is 10.9. The van der Waals surface area contributed by atoms with Crippen molar-refractivity contribution in [2.75, 3.05) is 13.1 Å². The standard InChI is InChI=1S/C13H26N2O2/c1-2-5-12(16)10-15-13(17)8-7-11-6-3-4-9-14-11/h11-12,14,16H,2-10H2,1H3,(H,15,17). The van der Waals surface area contributed by atoms with Gasteiger partial charge in [-0.15, -0.1) is 0 Å². The zero-order valence-corrected chi connectivity index (χ0v) is 10.9. The Morgan fingerprint density at radius 3 is 3.00 bits per heavy atom. The molecule has 1 aliphatic heterocycles. The minimum atomic E-state index is -0.392. The van der Waals surface area contributed by atoms with Gasteiger partial charge >= 0.3 is 0 Å². The van der Waals surface area contributed by atoms with E-state index in [-0.39, 0.29) is 5.91 Å². The van der Waals surface area contributed by atoms with Gasteiger partial charge in [0.15, 0.2) is 0 Å². The van der Waals surface area contributed by atoms with Gasteiger partial charge in [0.2, 0.25) is 5.91 Å². The molecular weight excluding hydrogens is 216 g/mol. The highest BCUT2D eigenvalue weighted by Crippen LogP contribution is 2.11. The Morgan fingerprint density at radius 2 is 2.35 bits per heavy atom. The molecule has 4 heteroatoms. The number of rotatable bonds is 7. The minimum Gasteiger partial charge on any atom is -0.391 e. The second kappa shape index (κ2) is 8.48. The van der Waals surface area contributed by atoms with Crippen molar-refractivity contribution in [1.29, 1.82) is 0 Å². The van der Waals surface area contributed by atoms with Gasteiger partial charge in [0, 0.05) is 19.0 Å². The lowest BCUT2D eigenvalue weighted by Crippen LogP contribution is -2.36. The molecule has 2 unspecified atom stereocenters. The molecule has 0 aromatic heterocycles. The fourth-order valence-electron chi connectivity index (χ4n) is 2.23. The minimum absolute atomic E-state index is 0.0625. The first-order valence-corrected chi connectivity index (χ1v) is 6.90. The quantitative estimate of drug-likeness (QED) is 0.628. The summed E-state index contributed by atoms with van der Waals surface area (Å²) in [5.74, 6) is 0.0625. The van der Waals surface area contributed by atoms with Crippen molar-refractivity contribution in [3.63, 3.8) is 0 Å². The van der Waals surface area contributed by atoms with E-state index in [1.807, 2.05) is 6.92 Å². The second-order valence-electron chi connectivity index (χ2n) is 4.93. The van der Waals surface area contributed by atoms with Crippen LogP contribution in [0.15, 0.2) is 0 Å². The first-order valence-electron chi connectivity index (χ1n) is 6.90. The van der Waals surface area contributed by atoms with Crippen molar-refractivity contribution in [3.05, 3.63) is 0 Å². The predicted octanol–water partition coefficient (Wildman–Crippen LogP) is 1.19. The van der Waals surface area contributed by atoms with Crippen LogP contribution in [0.4, 0.5) is 0 Å². The molecule has 1 saturated heterocycles. The van der Waals surface area contributed by atoms with Crippen molar-refractivity contribution in [2.45, 2.75) is 64.0 Å². The Labute approximate surface area is 104 Å². The molecule has 0 saturated carbocycles. The summed E-state index contributed by atoms with van der Waals surface area (Å²) in [5, 5.41) is 15.7. The maximum Gasteiger partial charge on any atom is 0.220 e. The van der Waals surface area contributed by atoms with Crippen LogP contribution in [0.5, 0.6) is 0 Å². The molecule has 1 aliphatic rings. The third kappa shape index (κ3) is 6.64. The molecule has 2 atom stereocenters. The van der Waals surface area contributed by atoms with Crippen LogP contribution in [-0.2, 0) is 4.79 Å². The summed E-state index contributed by atoms with van der Waals surface area (Å²) in [7, 11) is 0. The summed E-state index contributed by atoms with van der Waals surface area (Å²) in [5.41, 5.74) is 0. The number of hydrogen-bond acceptors (Lipinski definition) is 3. The van der Waals surface area contributed by atoms with Gasteiger partial charge < -0.3 is 15.7 Å². The summed E-state index contributed by atoms with van der Waals surface area (Å²) in [6.07, 6.45) is 6.50. The number of piperidine rings is 1. The zero-order chi connectivity index (χ0) is 12.5. The Hall–Kier alpha value is -0.610. The van der Waals surface area contributed by atoms with Crippen molar-refractivity contribution < 1.29 is 9.90 Å². The maximum atomic E-state index is 11.5. The summed E-state index contributed by atoms with van der Waals surface area (Å²) < 4.78 is 0. The van der Waals surface area contributed by atoms with E-state index in [2.05, 4.69) is 10.6 Å². The summed E-state index contributed by atoms with van der Waals surface area (Å²) >= 11 is 0. The Kier molecular flexibility index (Phi) is 7.21. The lowest BCUT2D eigenvalue weighted by atomic mass is 10.0. The lowest BCUT2D eigenvalue weighted by Gasteiger charge is -2.23. The highest BCUT2D eigenvalue weighted by Gasteiger charge is 2.14. The molecule has 4 nitrogen and oxygen atoms in total. The summed E-state index contributed by atoms with van der Waals surface area (Å²) in [4.78, 5) is 11.5. The van der Waals surface area contributed by atoms with Crippen molar-refractivity contribution in [3.8, 4) is 0 Å². The molecule has 0 aliphatic carbocycles. The number of carbonyl (C=O) groups is 1. The summed E-state index contributed by atoms with van der Waals surface area (Å²) in [6.45, 7) is 3.51. The Balaban J connectivity index is 2.04. The fraction of sp³-hybridized carbons (Fsp3) is 0.923. The lowest BCUT2D eigenvalue weighted by molar-refractivity contribution is -0.121. The molecule has 17 heavy (non-hydrogen) atoms. The van der Waals surface area contributed by atoms with Crippen LogP contribution >= 0.6 is 0 Å². The van der Waals surface area contributed by atoms with Crippen LogP contribution in [0, 0.1) is 0 Å². The van der Waals surface area contributed by atoms with E-state index in [1.54, 1.807) is 0 Å². The molecule has 0 radical (unpaired) electrons. The molecule has 1 heterocycles. The van der Waals surface area contributed by atoms with Crippen molar-refractivity contribution in [1.82, 2.24) is 10.6 Å². The average Bonchev–Trinajstić information content (AvgIpc) is 2.35. The van der Waals surface area contributed by atoms with Crippen molar-refractivity contribution in [2.24, 2.45) is 0 Å². The monoisotopic (exact) mass is 242 g/mol. The summed E-state index contributed by atoms with van der Waals surface area (Å²) in [6, 6.07) is 0.509. The third-order valence-electron chi connectivity index (χ3n) is 3.29. The Morgan fingerprint density at radius 1 is 1.53 bits per heavy atom. The molecule has 3 N–H and O–H groups in total. The number of aliphatic hydroxyl groups excluding tert-OH is 1.